The molecule has 1 heterocycles. The van der Waals surface area contributed by atoms with Crippen LogP contribution in [0, 0.1) is 5.41 Å². The lowest BCUT2D eigenvalue weighted by Crippen LogP contribution is -2.35. The number of nitrogens with zero attached hydrogens (tertiary/aromatic N) is 1. The molecule has 8 heteroatoms. The minimum Gasteiger partial charge on any atom is -0.481 e. The monoisotopic (exact) mass is 457 g/mol. The lowest BCUT2D eigenvalue weighted by atomic mass is 9.98. The molecule has 0 unspecified atom stereocenters. The Kier molecular flexibility index (Phi) is 5.49. The summed E-state index contributed by atoms with van der Waals surface area (Å²) in [6.07, 6.45) is 1.78. The number of amides is 2. The predicted octanol–water partition coefficient (Wildman–Crippen LogP) is 4.04. The average Bonchev–Trinajstić information content (AvgIpc) is 3.59. The standard InChI is InChI=1S/C26H23N3O5/c30-23(28-15-26(11-12-26)24(31)32)22-21(10-5-13-27-22)29-25(33)34-14-20-18-8-3-1-6-16(18)17-7-2-4-9-19(17)20/h1-10,13,20H,11-12,14-15H2,(H,28,30)(H,29,33)(H,31,32). The molecule has 172 valence electrons. The third-order valence-corrected chi connectivity index (χ3v) is 6.50. The van der Waals surface area contributed by atoms with Gasteiger partial charge in [0, 0.05) is 18.7 Å². The number of benzene rings is 2. The van der Waals surface area contributed by atoms with Crippen molar-refractivity contribution in [2.75, 3.05) is 18.5 Å². The fourth-order valence-electron chi connectivity index (χ4n) is 4.38. The molecule has 0 radical (unpaired) electrons. The average molecular weight is 457 g/mol. The number of aromatic nitrogens is 1. The maximum Gasteiger partial charge on any atom is 0.411 e. The van der Waals surface area contributed by atoms with Gasteiger partial charge in [-0.1, -0.05) is 48.5 Å². The van der Waals surface area contributed by atoms with Crippen LogP contribution in [0.4, 0.5) is 10.5 Å². The second-order valence-corrected chi connectivity index (χ2v) is 8.62. The first-order valence-corrected chi connectivity index (χ1v) is 11.1. The number of anilines is 1. The van der Waals surface area contributed by atoms with Crippen molar-refractivity contribution in [3.8, 4) is 11.1 Å². The van der Waals surface area contributed by atoms with Gasteiger partial charge in [-0.25, -0.2) is 9.78 Å². The fourth-order valence-corrected chi connectivity index (χ4v) is 4.38. The molecule has 0 atom stereocenters. The van der Waals surface area contributed by atoms with Crippen LogP contribution in [0.5, 0.6) is 0 Å². The molecule has 5 rings (SSSR count). The Morgan fingerprint density at radius 3 is 2.24 bits per heavy atom. The van der Waals surface area contributed by atoms with Gasteiger partial charge in [0.25, 0.3) is 5.91 Å². The van der Waals surface area contributed by atoms with E-state index in [0.717, 1.165) is 22.3 Å². The zero-order valence-corrected chi connectivity index (χ0v) is 18.3. The molecule has 0 bridgehead atoms. The number of carboxylic acid groups (broad SMARTS) is 1. The quantitative estimate of drug-likeness (QED) is 0.493. The number of fused-ring (bicyclic) bond motifs is 3. The summed E-state index contributed by atoms with van der Waals surface area (Å²) < 4.78 is 5.55. The van der Waals surface area contributed by atoms with Gasteiger partial charge in [0.15, 0.2) is 5.69 Å². The van der Waals surface area contributed by atoms with Crippen LogP contribution in [0.2, 0.25) is 0 Å². The van der Waals surface area contributed by atoms with Crippen LogP contribution < -0.4 is 10.6 Å². The van der Waals surface area contributed by atoms with Crippen molar-refractivity contribution in [1.82, 2.24) is 10.3 Å². The number of ether oxygens (including phenoxy) is 1. The predicted molar refractivity (Wildman–Crippen MR) is 125 cm³/mol. The number of carbonyl (C=O) groups excluding carboxylic acids is 2. The van der Waals surface area contributed by atoms with E-state index in [1.807, 2.05) is 36.4 Å². The first-order valence-electron chi connectivity index (χ1n) is 11.1. The number of carbonyl (C=O) groups is 3. The Labute approximate surface area is 196 Å². The summed E-state index contributed by atoms with van der Waals surface area (Å²) in [6.45, 7) is 0.158. The Bertz CT molecular complexity index is 1240. The zero-order valence-electron chi connectivity index (χ0n) is 18.3. The molecule has 0 spiro atoms. The summed E-state index contributed by atoms with van der Waals surface area (Å²) in [5, 5.41) is 14.5. The molecule has 1 fully saturated rings. The Balaban J connectivity index is 1.25. The highest BCUT2D eigenvalue weighted by atomic mass is 16.5. The SMILES string of the molecule is O=C(Nc1cccnc1C(=O)NCC1(C(=O)O)CC1)OCC1c2ccccc2-c2ccccc21. The molecule has 3 N–H and O–H groups in total. The Morgan fingerprint density at radius 2 is 1.62 bits per heavy atom. The van der Waals surface area contributed by atoms with E-state index in [9.17, 15) is 19.5 Å². The summed E-state index contributed by atoms with van der Waals surface area (Å²) in [7, 11) is 0. The second kappa shape index (κ2) is 8.62. The molecular weight excluding hydrogens is 434 g/mol. The van der Waals surface area contributed by atoms with Crippen molar-refractivity contribution in [3.63, 3.8) is 0 Å². The van der Waals surface area contributed by atoms with Crippen molar-refractivity contribution in [2.45, 2.75) is 18.8 Å². The second-order valence-electron chi connectivity index (χ2n) is 8.62. The molecule has 3 aromatic rings. The van der Waals surface area contributed by atoms with Crippen molar-refractivity contribution in [2.24, 2.45) is 5.41 Å². The summed E-state index contributed by atoms with van der Waals surface area (Å²) in [5.74, 6) is -1.56. The summed E-state index contributed by atoms with van der Waals surface area (Å²) in [5.41, 5.74) is 3.76. The normalized spacial score (nSPS) is 15.1. The first-order chi connectivity index (χ1) is 16.5. The largest absolute Gasteiger partial charge is 0.481 e. The molecule has 1 saturated carbocycles. The van der Waals surface area contributed by atoms with Gasteiger partial charge in [0.1, 0.15) is 6.61 Å². The number of nitrogens with one attached hydrogen (secondary N) is 2. The van der Waals surface area contributed by atoms with Crippen LogP contribution in [-0.2, 0) is 9.53 Å². The maximum absolute atomic E-state index is 12.6. The third-order valence-electron chi connectivity index (χ3n) is 6.50. The smallest absolute Gasteiger partial charge is 0.411 e. The third kappa shape index (κ3) is 3.98. The van der Waals surface area contributed by atoms with Crippen molar-refractivity contribution in [1.29, 1.82) is 0 Å². The van der Waals surface area contributed by atoms with Gasteiger partial charge in [-0.05, 0) is 47.2 Å². The van der Waals surface area contributed by atoms with E-state index >= 15 is 0 Å². The zero-order chi connectivity index (χ0) is 23.7. The highest BCUT2D eigenvalue weighted by molar-refractivity contribution is 6.01. The van der Waals surface area contributed by atoms with Crippen LogP contribution in [-0.4, -0.2) is 41.2 Å². The molecular formula is C26H23N3O5. The number of aliphatic carboxylic acids is 1. The van der Waals surface area contributed by atoms with Gasteiger partial charge in [-0.2, -0.15) is 0 Å². The van der Waals surface area contributed by atoms with Gasteiger partial charge in [-0.3, -0.25) is 14.9 Å². The summed E-state index contributed by atoms with van der Waals surface area (Å²) >= 11 is 0. The van der Waals surface area contributed by atoms with Gasteiger partial charge >= 0.3 is 12.1 Å². The molecule has 0 aliphatic heterocycles. The van der Waals surface area contributed by atoms with Crippen LogP contribution in [0.25, 0.3) is 11.1 Å². The van der Waals surface area contributed by atoms with Gasteiger partial charge < -0.3 is 15.2 Å². The van der Waals surface area contributed by atoms with Gasteiger partial charge in [0.2, 0.25) is 0 Å². The highest BCUT2D eigenvalue weighted by Crippen LogP contribution is 2.45. The number of hydrogen-bond acceptors (Lipinski definition) is 5. The Morgan fingerprint density at radius 1 is 0.971 bits per heavy atom. The van der Waals surface area contributed by atoms with E-state index < -0.39 is 23.4 Å². The van der Waals surface area contributed by atoms with Gasteiger partial charge in [-0.15, -0.1) is 0 Å². The molecule has 2 amide bonds. The lowest BCUT2D eigenvalue weighted by Gasteiger charge is -2.16. The fraction of sp³-hybridized carbons (Fsp3) is 0.231. The van der Waals surface area contributed by atoms with E-state index in [4.69, 9.17) is 4.74 Å². The topological polar surface area (TPSA) is 118 Å². The lowest BCUT2D eigenvalue weighted by molar-refractivity contribution is -0.143. The Hall–Kier alpha value is -4.20. The van der Waals surface area contributed by atoms with Crippen LogP contribution in [0.15, 0.2) is 66.9 Å². The van der Waals surface area contributed by atoms with E-state index in [2.05, 4.69) is 27.8 Å². The minimum atomic E-state index is -0.925. The summed E-state index contributed by atoms with van der Waals surface area (Å²) in [6, 6.07) is 19.2. The minimum absolute atomic E-state index is 0.00260. The van der Waals surface area contributed by atoms with Crippen LogP contribution in [0.3, 0.4) is 0 Å². The molecule has 2 aliphatic carbocycles. The van der Waals surface area contributed by atoms with Crippen LogP contribution >= 0.6 is 0 Å². The van der Waals surface area contributed by atoms with Crippen molar-refractivity contribution >= 4 is 23.7 Å². The van der Waals surface area contributed by atoms with Crippen LogP contribution in [0.1, 0.15) is 40.4 Å². The molecule has 8 nitrogen and oxygen atoms in total. The molecule has 0 saturated heterocycles. The van der Waals surface area contributed by atoms with Gasteiger partial charge in [0.05, 0.1) is 11.1 Å². The number of pyridine rings is 1. The number of rotatable bonds is 7. The molecule has 34 heavy (non-hydrogen) atoms. The first kappa shape index (κ1) is 21.6. The van der Waals surface area contributed by atoms with Crippen molar-refractivity contribution < 1.29 is 24.2 Å². The van der Waals surface area contributed by atoms with E-state index in [0.29, 0.717) is 12.8 Å². The maximum atomic E-state index is 12.6. The van der Waals surface area contributed by atoms with E-state index in [1.54, 1.807) is 12.1 Å². The van der Waals surface area contributed by atoms with Crippen molar-refractivity contribution in [3.05, 3.63) is 83.7 Å². The van der Waals surface area contributed by atoms with E-state index in [1.165, 1.54) is 6.20 Å². The molecule has 2 aliphatic rings. The number of carboxylic acids is 1. The molecule has 1 aromatic heterocycles. The summed E-state index contributed by atoms with van der Waals surface area (Å²) in [4.78, 5) is 40.6. The van der Waals surface area contributed by atoms with E-state index in [-0.39, 0.29) is 30.5 Å². The number of hydrogen-bond donors (Lipinski definition) is 3. The molecule has 2 aromatic carbocycles. The highest BCUT2D eigenvalue weighted by Gasteiger charge is 2.50.